The van der Waals surface area contributed by atoms with E-state index in [1.807, 2.05) is 20.8 Å². The number of nitrogens with two attached hydrogens (primary N) is 2. The van der Waals surface area contributed by atoms with Crippen LogP contribution in [0.25, 0.3) is 0 Å². The molecule has 0 aromatic heterocycles. The molecule has 168 valence electrons. The molecule has 2 unspecified atom stereocenters. The van der Waals surface area contributed by atoms with Gasteiger partial charge in [-0.25, -0.2) is 19.8 Å². The van der Waals surface area contributed by atoms with Gasteiger partial charge in [0.05, 0.1) is 5.69 Å². The number of alkyl halides is 2. The normalized spacial score (nSPS) is 19.0. The van der Waals surface area contributed by atoms with Crippen LogP contribution in [0.15, 0.2) is 40.3 Å². The highest BCUT2D eigenvalue weighted by Gasteiger charge is 2.47. The monoisotopic (exact) mass is 473 g/mol. The zero-order valence-electron chi connectivity index (χ0n) is 16.9. The maximum atomic E-state index is 13.8. The summed E-state index contributed by atoms with van der Waals surface area (Å²) in [6.07, 6.45) is 0. The lowest BCUT2D eigenvalue weighted by atomic mass is 9.91. The number of hydrogen-bond acceptors (Lipinski definition) is 6. The van der Waals surface area contributed by atoms with Gasteiger partial charge in [0.15, 0.2) is 0 Å². The topological polar surface area (TPSA) is 123 Å². The fraction of sp³-hybridized carbons (Fsp3) is 0.316. The molecule has 0 saturated heterocycles. The first-order valence-electron chi connectivity index (χ1n) is 9.18. The van der Waals surface area contributed by atoms with E-state index in [1.54, 1.807) is 12.1 Å². The van der Waals surface area contributed by atoms with Crippen molar-refractivity contribution in [3.8, 4) is 5.75 Å². The summed E-state index contributed by atoms with van der Waals surface area (Å²) >= 11 is 5.88. The number of ether oxygens (including phenoxy) is 1. The molecule has 5 N–H and O–H groups in total. The van der Waals surface area contributed by atoms with E-state index in [4.69, 9.17) is 23.2 Å². The number of rotatable bonds is 6. The lowest BCUT2D eigenvalue weighted by molar-refractivity contribution is -0.0517. The number of hydrazone groups is 1. The van der Waals surface area contributed by atoms with Crippen molar-refractivity contribution in [3.63, 3.8) is 0 Å². The number of halogens is 3. The molecule has 0 fully saturated rings. The number of hydrazine groups is 1. The Balaban J connectivity index is 2.28. The highest BCUT2D eigenvalue weighted by atomic mass is 35.5. The van der Waals surface area contributed by atoms with Crippen molar-refractivity contribution in [2.45, 2.75) is 44.2 Å². The Labute approximate surface area is 183 Å². The van der Waals surface area contributed by atoms with E-state index in [-0.39, 0.29) is 10.9 Å². The van der Waals surface area contributed by atoms with E-state index in [2.05, 4.69) is 15.4 Å². The second kappa shape index (κ2) is 8.48. The number of nitrogens with one attached hydrogen (secondary N) is 1. The van der Waals surface area contributed by atoms with E-state index in [0.29, 0.717) is 5.69 Å². The van der Waals surface area contributed by atoms with Crippen molar-refractivity contribution in [1.29, 1.82) is 0 Å². The highest BCUT2D eigenvalue weighted by Crippen LogP contribution is 2.47. The number of amidine groups is 1. The third kappa shape index (κ3) is 4.00. The van der Waals surface area contributed by atoms with Gasteiger partial charge in [0, 0.05) is 17.0 Å². The number of hydrogen-bond donors (Lipinski definition) is 3. The number of nitrogens with zero attached hydrogens (tertiary/aromatic N) is 2. The standard InChI is InChI=1S/C19H22ClF2N5O3S/c1-9-4-6-13-16(10(9)2)11(3)17(18(23)25-26-24)27(13)31(28,29)15-7-5-12(20)8-14(15)30-19(21)22/h4-8,11,17,19,26H,24H2,1-3H3,(H2,23,25). The SMILES string of the molecule is Cc1ccc2c(c1C)C(C)C(/C(N)=N/NN)N2S(=O)(=O)c1ccc(Cl)cc1OC(F)F. The van der Waals surface area contributed by atoms with E-state index in [1.165, 1.54) is 6.07 Å². The maximum Gasteiger partial charge on any atom is 0.387 e. The predicted molar refractivity (Wildman–Crippen MR) is 115 cm³/mol. The van der Waals surface area contributed by atoms with Gasteiger partial charge in [0.1, 0.15) is 22.5 Å². The Morgan fingerprint density at radius 2 is 1.97 bits per heavy atom. The average molecular weight is 474 g/mol. The summed E-state index contributed by atoms with van der Waals surface area (Å²) in [5.41, 5.74) is 11.1. The predicted octanol–water partition coefficient (Wildman–Crippen LogP) is 2.97. The van der Waals surface area contributed by atoms with E-state index < -0.39 is 39.2 Å². The highest BCUT2D eigenvalue weighted by molar-refractivity contribution is 7.93. The van der Waals surface area contributed by atoms with Crippen LogP contribution in [0.1, 0.15) is 29.5 Å². The molecule has 0 aliphatic carbocycles. The fourth-order valence-corrected chi connectivity index (χ4v) is 5.87. The molecule has 0 amide bonds. The molecule has 2 atom stereocenters. The van der Waals surface area contributed by atoms with Gasteiger partial charge in [-0.2, -0.15) is 8.78 Å². The van der Waals surface area contributed by atoms with Gasteiger partial charge in [-0.1, -0.05) is 24.6 Å². The summed E-state index contributed by atoms with van der Waals surface area (Å²) in [4.78, 5) is -0.478. The Morgan fingerprint density at radius 1 is 1.29 bits per heavy atom. The molecule has 1 heterocycles. The van der Waals surface area contributed by atoms with Crippen LogP contribution in [-0.4, -0.2) is 26.9 Å². The number of benzene rings is 2. The zero-order valence-corrected chi connectivity index (χ0v) is 18.5. The summed E-state index contributed by atoms with van der Waals surface area (Å²) < 4.78 is 59.0. The maximum absolute atomic E-state index is 13.8. The first-order valence-corrected chi connectivity index (χ1v) is 11.0. The van der Waals surface area contributed by atoms with Gasteiger partial charge in [0.2, 0.25) is 0 Å². The number of fused-ring (bicyclic) bond motifs is 1. The molecule has 8 nitrogen and oxygen atoms in total. The van der Waals surface area contributed by atoms with Crippen LogP contribution >= 0.6 is 11.6 Å². The molecule has 1 aliphatic heterocycles. The molecule has 2 aromatic carbocycles. The second-order valence-corrected chi connectivity index (χ2v) is 9.33. The molecule has 0 bridgehead atoms. The smallest absolute Gasteiger partial charge is 0.387 e. The molecule has 31 heavy (non-hydrogen) atoms. The van der Waals surface area contributed by atoms with Crippen molar-refractivity contribution in [2.24, 2.45) is 16.7 Å². The van der Waals surface area contributed by atoms with Crippen LogP contribution in [0.3, 0.4) is 0 Å². The van der Waals surface area contributed by atoms with Crippen LogP contribution < -0.4 is 26.2 Å². The van der Waals surface area contributed by atoms with E-state index in [0.717, 1.165) is 33.1 Å². The van der Waals surface area contributed by atoms with Crippen molar-refractivity contribution in [1.82, 2.24) is 5.53 Å². The van der Waals surface area contributed by atoms with Gasteiger partial charge in [-0.3, -0.25) is 4.31 Å². The minimum Gasteiger partial charge on any atom is -0.433 e. The summed E-state index contributed by atoms with van der Waals surface area (Å²) in [5, 5.41) is 3.82. The molecule has 3 rings (SSSR count). The van der Waals surface area contributed by atoms with Crippen molar-refractivity contribution < 1.29 is 21.9 Å². The van der Waals surface area contributed by atoms with Crippen LogP contribution in [0, 0.1) is 13.8 Å². The molecular weight excluding hydrogens is 452 g/mol. The van der Waals surface area contributed by atoms with Gasteiger partial charge < -0.3 is 10.5 Å². The Hall–Kier alpha value is -2.63. The van der Waals surface area contributed by atoms with Gasteiger partial charge in [0.25, 0.3) is 10.0 Å². The average Bonchev–Trinajstić information content (AvgIpc) is 2.98. The molecule has 0 radical (unpaired) electrons. The Bertz CT molecular complexity index is 1140. The van der Waals surface area contributed by atoms with Crippen LogP contribution in [0.5, 0.6) is 5.75 Å². The van der Waals surface area contributed by atoms with Crippen LogP contribution in [-0.2, 0) is 10.0 Å². The first-order chi connectivity index (χ1) is 14.5. The summed E-state index contributed by atoms with van der Waals surface area (Å²) in [6.45, 7) is 2.34. The van der Waals surface area contributed by atoms with E-state index >= 15 is 0 Å². The molecule has 2 aromatic rings. The lowest BCUT2D eigenvalue weighted by Gasteiger charge is -2.28. The first kappa shape index (κ1) is 23.0. The Morgan fingerprint density at radius 3 is 2.58 bits per heavy atom. The summed E-state index contributed by atoms with van der Waals surface area (Å²) in [7, 11) is -4.43. The van der Waals surface area contributed by atoms with Gasteiger partial charge >= 0.3 is 6.61 Å². The van der Waals surface area contributed by atoms with Gasteiger partial charge in [-0.15, -0.1) is 5.10 Å². The third-order valence-corrected chi connectivity index (χ3v) is 7.41. The minimum atomic E-state index is -4.43. The van der Waals surface area contributed by atoms with Crippen molar-refractivity contribution in [3.05, 3.63) is 52.0 Å². The third-order valence-electron chi connectivity index (χ3n) is 5.34. The molecule has 12 heteroatoms. The Kier molecular flexibility index (Phi) is 6.30. The summed E-state index contributed by atoms with van der Waals surface area (Å²) in [6, 6.07) is 5.89. The largest absolute Gasteiger partial charge is 0.433 e. The van der Waals surface area contributed by atoms with Gasteiger partial charge in [-0.05, 0) is 48.7 Å². The number of anilines is 1. The molecule has 0 saturated carbocycles. The number of sulfonamides is 1. The quantitative estimate of drug-likeness (QED) is 0.256. The molecular formula is C19H22ClF2N5O3S. The van der Waals surface area contributed by atoms with Crippen molar-refractivity contribution >= 4 is 33.1 Å². The fourth-order valence-electron chi connectivity index (χ4n) is 3.89. The number of aryl methyl sites for hydroxylation is 1. The van der Waals surface area contributed by atoms with Crippen LogP contribution in [0.2, 0.25) is 5.02 Å². The van der Waals surface area contributed by atoms with Crippen LogP contribution in [0.4, 0.5) is 14.5 Å². The second-order valence-electron chi connectivity index (χ2n) is 7.11. The lowest BCUT2D eigenvalue weighted by Crippen LogP contribution is -2.48. The van der Waals surface area contributed by atoms with E-state index in [9.17, 15) is 17.2 Å². The minimum absolute atomic E-state index is 0.0428. The molecule has 0 spiro atoms. The van der Waals surface area contributed by atoms with Crippen molar-refractivity contribution in [2.75, 3.05) is 4.31 Å². The zero-order chi connectivity index (χ0) is 23.1. The summed E-state index contributed by atoms with van der Waals surface area (Å²) in [5.74, 6) is 4.21. The molecule has 1 aliphatic rings.